The van der Waals surface area contributed by atoms with Gasteiger partial charge in [-0.25, -0.2) is 9.13 Å². The van der Waals surface area contributed by atoms with Crippen molar-refractivity contribution in [2.75, 3.05) is 26.4 Å². The summed E-state index contributed by atoms with van der Waals surface area (Å²) in [6, 6.07) is 0. The summed E-state index contributed by atoms with van der Waals surface area (Å²) in [4.78, 5) is 53.0. The lowest BCUT2D eigenvalue weighted by molar-refractivity contribution is -0.161. The van der Waals surface area contributed by atoms with Gasteiger partial charge in [0.1, 0.15) is 12.7 Å². The van der Waals surface area contributed by atoms with Crippen LogP contribution in [0.25, 0.3) is 0 Å². The zero-order chi connectivity index (χ0) is 50.7. The molecule has 0 spiro atoms. The SMILES string of the molecule is CC/C=C\CC1OC1C/C=C\C/C=C\C/C=C\C/C=C\CCC(=O)OC[C@H](COP(=O)(O)OC[C@@H](O)COP(=O)(O)O)OC(=O)CCCCCCCCCCCCCCCCCCCCC(C)CC. The largest absolute Gasteiger partial charge is 0.472 e. The molecule has 0 aromatic heterocycles. The highest BCUT2D eigenvalue weighted by Gasteiger charge is 2.36. The van der Waals surface area contributed by atoms with Gasteiger partial charge in [-0.3, -0.25) is 23.2 Å². The average molecular weight is 1020 g/mol. The first-order valence-electron chi connectivity index (χ1n) is 26.5. The second-order valence-electron chi connectivity index (χ2n) is 18.4. The van der Waals surface area contributed by atoms with Gasteiger partial charge in [-0.05, 0) is 57.3 Å². The molecule has 1 aliphatic heterocycles. The van der Waals surface area contributed by atoms with E-state index in [0.717, 1.165) is 57.3 Å². The van der Waals surface area contributed by atoms with Crippen LogP contribution in [0.4, 0.5) is 0 Å². The Morgan fingerprint density at radius 2 is 1.00 bits per heavy atom. The minimum atomic E-state index is -4.88. The Labute approximate surface area is 417 Å². The van der Waals surface area contributed by atoms with Gasteiger partial charge in [0.2, 0.25) is 0 Å². The second kappa shape index (κ2) is 43.4. The van der Waals surface area contributed by atoms with E-state index in [0.29, 0.717) is 31.5 Å². The normalized spacial score (nSPS) is 17.7. The predicted molar refractivity (Wildman–Crippen MR) is 275 cm³/mol. The van der Waals surface area contributed by atoms with E-state index in [9.17, 15) is 28.7 Å². The Balaban J connectivity index is 2.31. The summed E-state index contributed by atoms with van der Waals surface area (Å²) >= 11 is 0. The summed E-state index contributed by atoms with van der Waals surface area (Å²) in [6.07, 6.45) is 49.7. The van der Waals surface area contributed by atoms with Crippen LogP contribution in [0.5, 0.6) is 0 Å². The molecule has 0 aromatic rings. The molecular formula is C53H94O14P2. The molecule has 4 N–H and O–H groups in total. The molecule has 1 aliphatic rings. The molecular weight excluding hydrogens is 923 g/mol. The van der Waals surface area contributed by atoms with Crippen molar-refractivity contribution in [3.8, 4) is 0 Å². The number of aliphatic hydroxyl groups excluding tert-OH is 1. The maximum absolute atomic E-state index is 12.8. The fraction of sp³-hybridized carbons (Fsp3) is 0.774. The van der Waals surface area contributed by atoms with Crippen LogP contribution in [0.2, 0.25) is 0 Å². The van der Waals surface area contributed by atoms with Crippen molar-refractivity contribution < 1.29 is 66.3 Å². The molecule has 0 aromatic carbocycles. The minimum Gasteiger partial charge on any atom is -0.462 e. The van der Waals surface area contributed by atoms with E-state index in [-0.39, 0.29) is 12.8 Å². The van der Waals surface area contributed by atoms with Gasteiger partial charge in [0, 0.05) is 12.8 Å². The minimum absolute atomic E-state index is 0.0661. The number of carbonyl (C=O) groups excluding carboxylic acids is 2. The van der Waals surface area contributed by atoms with E-state index < -0.39 is 66.2 Å². The van der Waals surface area contributed by atoms with E-state index in [2.05, 4.69) is 73.9 Å². The van der Waals surface area contributed by atoms with Crippen molar-refractivity contribution in [3.05, 3.63) is 60.8 Å². The van der Waals surface area contributed by atoms with Crippen LogP contribution in [-0.2, 0) is 46.5 Å². The van der Waals surface area contributed by atoms with Gasteiger partial charge in [-0.15, -0.1) is 0 Å². The lowest BCUT2D eigenvalue weighted by Crippen LogP contribution is -2.29. The van der Waals surface area contributed by atoms with E-state index >= 15 is 0 Å². The van der Waals surface area contributed by atoms with Crippen LogP contribution in [-0.4, -0.2) is 82.6 Å². The van der Waals surface area contributed by atoms with E-state index in [1.807, 2.05) is 12.2 Å². The molecule has 0 saturated carbocycles. The Hall–Kier alpha value is -2.22. The molecule has 400 valence electrons. The van der Waals surface area contributed by atoms with E-state index in [1.54, 1.807) is 0 Å². The Bertz CT molecular complexity index is 1520. The number of ether oxygens (including phenoxy) is 3. The third kappa shape index (κ3) is 44.2. The molecule has 1 rings (SSSR count). The fourth-order valence-corrected chi connectivity index (χ4v) is 8.55. The smallest absolute Gasteiger partial charge is 0.462 e. The topological polar surface area (TPSA) is 208 Å². The zero-order valence-electron chi connectivity index (χ0n) is 42.8. The number of hydrogen-bond acceptors (Lipinski definition) is 11. The van der Waals surface area contributed by atoms with Crippen LogP contribution in [0.1, 0.15) is 207 Å². The van der Waals surface area contributed by atoms with E-state index in [1.165, 1.54) is 103 Å². The molecule has 0 amide bonds. The van der Waals surface area contributed by atoms with Gasteiger partial charge in [0.25, 0.3) is 0 Å². The van der Waals surface area contributed by atoms with Crippen molar-refractivity contribution in [2.45, 2.75) is 231 Å². The molecule has 69 heavy (non-hydrogen) atoms. The number of esters is 2. The number of hydrogen-bond donors (Lipinski definition) is 4. The quantitative estimate of drug-likeness (QED) is 0.0147. The van der Waals surface area contributed by atoms with Crippen molar-refractivity contribution in [3.63, 3.8) is 0 Å². The lowest BCUT2D eigenvalue weighted by atomic mass is 9.99. The number of carbonyl (C=O) groups is 2. The summed E-state index contributed by atoms with van der Waals surface area (Å²) in [7, 11) is -9.71. The first-order chi connectivity index (χ1) is 33.2. The Morgan fingerprint density at radius 1 is 0.551 bits per heavy atom. The molecule has 14 nitrogen and oxygen atoms in total. The number of phosphoric ester groups is 2. The van der Waals surface area contributed by atoms with Crippen LogP contribution >= 0.6 is 15.6 Å². The molecule has 1 fully saturated rings. The van der Waals surface area contributed by atoms with Gasteiger partial charge in [0.05, 0.1) is 32.0 Å². The van der Waals surface area contributed by atoms with Crippen molar-refractivity contribution in [2.24, 2.45) is 5.92 Å². The number of unbranched alkanes of at least 4 members (excludes halogenated alkanes) is 17. The second-order valence-corrected chi connectivity index (χ2v) is 21.1. The number of epoxide rings is 1. The molecule has 6 atom stereocenters. The third-order valence-electron chi connectivity index (χ3n) is 11.9. The standard InChI is InChI=1S/C53H94O14P2/c1-4-6-33-39-50-51(67-50)40-35-30-26-22-18-15-16-19-23-27-31-36-41-52(55)62-45-49(46-65-69(60,61)64-44-48(54)43-63-68(57,58)59)66-53(56)42-37-32-28-24-20-14-12-10-8-7-9-11-13-17-21-25-29-34-38-47(3)5-2/h6,16,18-19,22,27,30-31,33,35,47-51,54H,4-5,7-15,17,20-21,23-26,28-29,32,34,36-46H2,1-3H3,(H,60,61)(H2,57,58,59)/b19-16-,22-18-,31-27-,33-6-,35-30-/t47?,48-,49+,50?,51?/m0/s1. The molecule has 1 heterocycles. The van der Waals surface area contributed by atoms with Crippen LogP contribution in [0.15, 0.2) is 60.8 Å². The summed E-state index contributed by atoms with van der Waals surface area (Å²) in [6.45, 7) is 3.97. The molecule has 4 unspecified atom stereocenters. The van der Waals surface area contributed by atoms with Gasteiger partial charge in [-0.2, -0.15) is 0 Å². The zero-order valence-corrected chi connectivity index (χ0v) is 44.5. The third-order valence-corrected chi connectivity index (χ3v) is 13.3. The van der Waals surface area contributed by atoms with Crippen molar-refractivity contribution in [1.29, 1.82) is 0 Å². The number of rotatable bonds is 48. The highest BCUT2D eigenvalue weighted by atomic mass is 31.2. The van der Waals surface area contributed by atoms with Gasteiger partial charge in [-0.1, -0.05) is 204 Å². The molecule has 0 aliphatic carbocycles. The predicted octanol–water partition coefficient (Wildman–Crippen LogP) is 13.6. The van der Waals surface area contributed by atoms with Crippen LogP contribution in [0.3, 0.4) is 0 Å². The summed E-state index contributed by atoms with van der Waals surface area (Å²) in [5, 5.41) is 9.79. The molecule has 0 radical (unpaired) electrons. The highest BCUT2D eigenvalue weighted by Crippen LogP contribution is 2.44. The van der Waals surface area contributed by atoms with Gasteiger partial charge in [0.15, 0.2) is 6.10 Å². The molecule has 0 bridgehead atoms. The van der Waals surface area contributed by atoms with E-state index in [4.69, 9.17) is 33.0 Å². The summed E-state index contributed by atoms with van der Waals surface area (Å²) in [5.74, 6) is -0.249. The first-order valence-corrected chi connectivity index (χ1v) is 29.5. The number of aliphatic hydroxyl groups is 1. The van der Waals surface area contributed by atoms with Crippen molar-refractivity contribution in [1.82, 2.24) is 0 Å². The lowest BCUT2D eigenvalue weighted by Gasteiger charge is -2.20. The fourth-order valence-electron chi connectivity index (χ4n) is 7.39. The maximum atomic E-state index is 12.8. The Kier molecular flexibility index (Phi) is 40.7. The number of allylic oxidation sites excluding steroid dienone is 8. The van der Waals surface area contributed by atoms with Crippen LogP contribution in [0, 0.1) is 5.92 Å². The maximum Gasteiger partial charge on any atom is 0.472 e. The van der Waals surface area contributed by atoms with Crippen molar-refractivity contribution >= 4 is 27.6 Å². The molecule has 1 saturated heterocycles. The summed E-state index contributed by atoms with van der Waals surface area (Å²) < 4.78 is 53.6. The van der Waals surface area contributed by atoms with Crippen LogP contribution < -0.4 is 0 Å². The monoisotopic (exact) mass is 1020 g/mol. The summed E-state index contributed by atoms with van der Waals surface area (Å²) in [5.41, 5.74) is 0. The Morgan fingerprint density at radius 3 is 1.51 bits per heavy atom. The molecule has 16 heteroatoms. The first kappa shape index (κ1) is 64.8. The number of phosphoric acid groups is 2. The highest BCUT2D eigenvalue weighted by molar-refractivity contribution is 7.47. The van der Waals surface area contributed by atoms with Gasteiger partial charge < -0.3 is 34.0 Å². The van der Waals surface area contributed by atoms with Gasteiger partial charge >= 0.3 is 27.6 Å². The average Bonchev–Trinajstić information content (AvgIpc) is 4.07.